The number of hydrogen-bond acceptors (Lipinski definition) is 6. The number of aryl methyl sites for hydroxylation is 1. The van der Waals surface area contributed by atoms with Crippen LogP contribution >= 0.6 is 24.0 Å². The van der Waals surface area contributed by atoms with Gasteiger partial charge in [0.1, 0.15) is 5.75 Å². The molecule has 33 heavy (non-hydrogen) atoms. The fraction of sp³-hybridized carbons (Fsp3) is 0.458. The molecule has 0 spiro atoms. The summed E-state index contributed by atoms with van der Waals surface area (Å²) in [6.45, 7) is 3.87. The van der Waals surface area contributed by atoms with Crippen LogP contribution in [0.4, 0.5) is 0 Å². The van der Waals surface area contributed by atoms with E-state index in [0.29, 0.717) is 30.6 Å². The first-order chi connectivity index (χ1) is 15.6. The summed E-state index contributed by atoms with van der Waals surface area (Å²) >= 11 is 0. The van der Waals surface area contributed by atoms with Gasteiger partial charge in [0.15, 0.2) is 29.0 Å². The Morgan fingerprint density at radius 3 is 2.09 bits per heavy atom. The lowest BCUT2D eigenvalue weighted by Gasteiger charge is -2.16. The molecule has 2 aromatic carbocycles. The Bertz CT molecular complexity index is 893. The first kappa shape index (κ1) is 28.5. The third kappa shape index (κ3) is 8.38. The summed E-state index contributed by atoms with van der Waals surface area (Å²) in [7, 11) is 8.25. The number of aliphatic imine (C=N–C) groups is 1. The number of hydrogen-bond donors (Lipinski definition) is 2. The fourth-order valence-electron chi connectivity index (χ4n) is 3.27. The Kier molecular flexibility index (Phi) is 13.2. The maximum atomic E-state index is 5.66. The molecule has 0 heterocycles. The number of nitrogens with one attached hydrogen (secondary N) is 2. The molecule has 0 aliphatic heterocycles. The van der Waals surface area contributed by atoms with E-state index in [4.69, 9.17) is 23.7 Å². The molecular weight excluding hydrogens is 537 g/mol. The molecule has 0 bridgehead atoms. The van der Waals surface area contributed by atoms with Crippen molar-refractivity contribution in [1.82, 2.24) is 10.6 Å². The van der Waals surface area contributed by atoms with E-state index in [1.165, 1.54) is 5.56 Å². The third-order valence-corrected chi connectivity index (χ3v) is 4.92. The zero-order chi connectivity index (χ0) is 23.3. The molecule has 0 aliphatic carbocycles. The molecule has 184 valence electrons. The van der Waals surface area contributed by atoms with Gasteiger partial charge in [-0.1, -0.05) is 6.07 Å². The Morgan fingerprint density at radius 2 is 1.48 bits per heavy atom. The van der Waals surface area contributed by atoms with Crippen LogP contribution in [0.15, 0.2) is 35.3 Å². The van der Waals surface area contributed by atoms with Gasteiger partial charge in [-0.15, -0.1) is 24.0 Å². The number of rotatable bonds is 12. The van der Waals surface area contributed by atoms with Gasteiger partial charge < -0.3 is 34.3 Å². The van der Waals surface area contributed by atoms with Gasteiger partial charge in [0, 0.05) is 31.8 Å². The monoisotopic (exact) mass is 573 g/mol. The molecule has 2 aromatic rings. The second kappa shape index (κ2) is 15.3. The van der Waals surface area contributed by atoms with Gasteiger partial charge in [0.05, 0.1) is 35.0 Å². The topological polar surface area (TPSA) is 82.6 Å². The second-order valence-corrected chi connectivity index (χ2v) is 6.89. The van der Waals surface area contributed by atoms with E-state index in [9.17, 15) is 0 Å². The Hall–Kier alpha value is -2.56. The van der Waals surface area contributed by atoms with Crippen LogP contribution < -0.4 is 34.3 Å². The van der Waals surface area contributed by atoms with E-state index in [2.05, 4.69) is 21.7 Å². The van der Waals surface area contributed by atoms with Crippen molar-refractivity contribution in [3.63, 3.8) is 0 Å². The molecule has 2 rings (SSSR count). The number of halogens is 1. The maximum absolute atomic E-state index is 5.66. The fourth-order valence-corrected chi connectivity index (χ4v) is 3.27. The van der Waals surface area contributed by atoms with Crippen molar-refractivity contribution in [3.05, 3.63) is 41.5 Å². The van der Waals surface area contributed by atoms with Crippen LogP contribution in [0.2, 0.25) is 0 Å². The molecule has 0 radical (unpaired) electrons. The molecule has 8 nitrogen and oxygen atoms in total. The Labute approximate surface area is 214 Å². The zero-order valence-corrected chi connectivity index (χ0v) is 22.6. The molecule has 9 heteroatoms. The van der Waals surface area contributed by atoms with Crippen LogP contribution in [0.1, 0.15) is 24.5 Å². The quantitative estimate of drug-likeness (QED) is 0.172. The number of nitrogens with zero attached hydrogens (tertiary/aromatic N) is 1. The van der Waals surface area contributed by atoms with E-state index in [0.717, 1.165) is 42.2 Å². The van der Waals surface area contributed by atoms with Gasteiger partial charge >= 0.3 is 0 Å². The summed E-state index contributed by atoms with van der Waals surface area (Å²) in [5.74, 6) is 4.24. The highest BCUT2D eigenvalue weighted by Crippen LogP contribution is 2.34. The molecule has 2 N–H and O–H groups in total. The summed E-state index contributed by atoms with van der Waals surface area (Å²) in [4.78, 5) is 4.30. The predicted molar refractivity (Wildman–Crippen MR) is 142 cm³/mol. The van der Waals surface area contributed by atoms with Crippen LogP contribution in [-0.2, 0) is 13.0 Å². The predicted octanol–water partition coefficient (Wildman–Crippen LogP) is 4.04. The lowest BCUT2D eigenvalue weighted by atomic mass is 10.1. The molecule has 0 unspecified atom stereocenters. The first-order valence-corrected chi connectivity index (χ1v) is 10.6. The first-order valence-electron chi connectivity index (χ1n) is 10.6. The van der Waals surface area contributed by atoms with E-state index in [1.54, 1.807) is 35.5 Å². The molecule has 0 saturated heterocycles. The third-order valence-electron chi connectivity index (χ3n) is 4.92. The van der Waals surface area contributed by atoms with Crippen LogP contribution in [0.3, 0.4) is 0 Å². The van der Waals surface area contributed by atoms with E-state index >= 15 is 0 Å². The van der Waals surface area contributed by atoms with Crippen molar-refractivity contribution < 1.29 is 23.7 Å². The largest absolute Gasteiger partial charge is 0.496 e. The van der Waals surface area contributed by atoms with E-state index in [1.807, 2.05) is 31.2 Å². The minimum Gasteiger partial charge on any atom is -0.496 e. The van der Waals surface area contributed by atoms with E-state index in [-0.39, 0.29) is 24.0 Å². The van der Waals surface area contributed by atoms with Gasteiger partial charge in [0.25, 0.3) is 0 Å². The van der Waals surface area contributed by atoms with Gasteiger partial charge in [-0.05, 0) is 43.5 Å². The number of methoxy groups -OCH3 is 4. The SMILES string of the molecule is CCOc1cc(CCCNC(=NC)NCc2cc(OC)c(OC)cc2OC)ccc1OC.I. The Balaban J connectivity index is 0.00000544. The molecule has 0 aliphatic rings. The minimum atomic E-state index is 0. The lowest BCUT2D eigenvalue weighted by molar-refractivity contribution is 0.310. The van der Waals surface area contributed by atoms with Crippen molar-refractivity contribution >= 4 is 29.9 Å². The summed E-state index contributed by atoms with van der Waals surface area (Å²) in [5.41, 5.74) is 2.14. The lowest BCUT2D eigenvalue weighted by Crippen LogP contribution is -2.37. The van der Waals surface area contributed by atoms with Gasteiger partial charge in [0.2, 0.25) is 0 Å². The van der Waals surface area contributed by atoms with Crippen LogP contribution in [-0.4, -0.2) is 54.6 Å². The second-order valence-electron chi connectivity index (χ2n) is 6.89. The maximum Gasteiger partial charge on any atom is 0.191 e. The number of benzene rings is 2. The zero-order valence-electron chi connectivity index (χ0n) is 20.3. The Morgan fingerprint density at radius 1 is 0.818 bits per heavy atom. The van der Waals surface area contributed by atoms with Crippen molar-refractivity contribution in [2.45, 2.75) is 26.3 Å². The average molecular weight is 573 g/mol. The average Bonchev–Trinajstić information content (AvgIpc) is 2.83. The van der Waals surface area contributed by atoms with Crippen LogP contribution in [0.25, 0.3) is 0 Å². The van der Waals surface area contributed by atoms with Crippen molar-refractivity contribution in [2.24, 2.45) is 4.99 Å². The smallest absolute Gasteiger partial charge is 0.191 e. The highest BCUT2D eigenvalue weighted by molar-refractivity contribution is 14.0. The van der Waals surface area contributed by atoms with Gasteiger partial charge in [-0.3, -0.25) is 4.99 Å². The number of guanidine groups is 1. The number of ether oxygens (including phenoxy) is 5. The minimum absolute atomic E-state index is 0. The standard InChI is InChI=1S/C24H35N3O5.HI/c1-7-32-23-13-17(10-11-19(23)28-3)9-8-12-26-24(25-2)27-16-18-14-21(30-5)22(31-6)15-20(18)29-4;/h10-11,13-15H,7-9,12,16H2,1-6H3,(H2,25,26,27);1H. The molecule has 0 atom stereocenters. The van der Waals surface area contributed by atoms with Crippen molar-refractivity contribution in [2.75, 3.05) is 48.6 Å². The molecular formula is C24H36IN3O5. The highest BCUT2D eigenvalue weighted by Gasteiger charge is 2.12. The normalized spacial score (nSPS) is 10.7. The summed E-state index contributed by atoms with van der Waals surface area (Å²) < 4.78 is 27.2. The molecule has 0 saturated carbocycles. The van der Waals surface area contributed by atoms with Gasteiger partial charge in [-0.25, -0.2) is 0 Å². The van der Waals surface area contributed by atoms with E-state index < -0.39 is 0 Å². The summed E-state index contributed by atoms with van der Waals surface area (Å²) in [6.07, 6.45) is 1.86. The molecule has 0 amide bonds. The van der Waals surface area contributed by atoms with Crippen LogP contribution in [0, 0.1) is 0 Å². The van der Waals surface area contributed by atoms with Crippen molar-refractivity contribution in [3.8, 4) is 28.7 Å². The molecule has 0 aromatic heterocycles. The highest BCUT2D eigenvalue weighted by atomic mass is 127. The summed E-state index contributed by atoms with van der Waals surface area (Å²) in [6, 6.07) is 9.77. The summed E-state index contributed by atoms with van der Waals surface area (Å²) in [5, 5.41) is 6.66. The van der Waals surface area contributed by atoms with Gasteiger partial charge in [-0.2, -0.15) is 0 Å². The van der Waals surface area contributed by atoms with Crippen molar-refractivity contribution in [1.29, 1.82) is 0 Å². The van der Waals surface area contributed by atoms with Crippen LogP contribution in [0.5, 0.6) is 28.7 Å². The molecule has 0 fully saturated rings.